The van der Waals surface area contributed by atoms with Gasteiger partial charge in [-0.05, 0) is 45.9 Å². The van der Waals surface area contributed by atoms with E-state index in [1.165, 1.54) is 9.75 Å². The summed E-state index contributed by atoms with van der Waals surface area (Å²) in [7, 11) is 0. The molecule has 0 aliphatic rings. The third kappa shape index (κ3) is 2.99. The highest BCUT2D eigenvalue weighted by Gasteiger charge is 2.25. The quantitative estimate of drug-likeness (QED) is 0.691. The van der Waals surface area contributed by atoms with Gasteiger partial charge in [0, 0.05) is 23.3 Å². The van der Waals surface area contributed by atoms with E-state index < -0.39 is 0 Å². The highest BCUT2D eigenvalue weighted by Crippen LogP contribution is 2.35. The van der Waals surface area contributed by atoms with E-state index >= 15 is 0 Å². The normalized spacial score (nSPS) is 14.2. The molecule has 0 bridgehead atoms. The number of nitrogens with zero attached hydrogens (tertiary/aromatic N) is 2. The molecule has 0 aliphatic carbocycles. The molecule has 2 atom stereocenters. The minimum absolute atomic E-state index is 0.0588. The number of rotatable bonds is 5. The maximum absolute atomic E-state index is 6.42. The molecule has 3 aromatic heterocycles. The van der Waals surface area contributed by atoms with Crippen molar-refractivity contribution in [3.05, 3.63) is 50.7 Å². The Bertz CT molecular complexity index is 702. The lowest BCUT2D eigenvalue weighted by Crippen LogP contribution is -2.32. The molecule has 6 heteroatoms. The first kappa shape index (κ1) is 15.0. The van der Waals surface area contributed by atoms with Gasteiger partial charge in [0.25, 0.3) is 0 Å². The summed E-state index contributed by atoms with van der Waals surface area (Å²) < 4.78 is 3.33. The molecular formula is C15H16BrN3S2. The van der Waals surface area contributed by atoms with E-state index in [2.05, 4.69) is 62.1 Å². The Kier molecular flexibility index (Phi) is 4.59. The average molecular weight is 382 g/mol. The lowest BCUT2D eigenvalue weighted by atomic mass is 10.0. The second-order valence-corrected chi connectivity index (χ2v) is 8.24. The number of hydrogen-bond donors (Lipinski definition) is 1. The lowest BCUT2D eigenvalue weighted by molar-refractivity contribution is 0.468. The van der Waals surface area contributed by atoms with E-state index in [1.807, 2.05) is 12.4 Å². The predicted molar refractivity (Wildman–Crippen MR) is 94.0 cm³/mol. The molecule has 0 amide bonds. The van der Waals surface area contributed by atoms with E-state index in [0.29, 0.717) is 0 Å². The zero-order valence-corrected chi connectivity index (χ0v) is 14.8. The van der Waals surface area contributed by atoms with E-state index in [0.717, 1.165) is 16.0 Å². The van der Waals surface area contributed by atoms with Crippen LogP contribution in [0.1, 0.15) is 24.3 Å². The Balaban J connectivity index is 2.08. The van der Waals surface area contributed by atoms with E-state index in [-0.39, 0.29) is 12.1 Å². The van der Waals surface area contributed by atoms with E-state index in [4.69, 9.17) is 5.73 Å². The van der Waals surface area contributed by atoms with Crippen LogP contribution in [0.4, 0.5) is 0 Å². The summed E-state index contributed by atoms with van der Waals surface area (Å²) in [6, 6.07) is 8.55. The molecule has 0 fully saturated rings. The van der Waals surface area contributed by atoms with Crippen molar-refractivity contribution in [2.24, 2.45) is 5.73 Å². The Morgan fingerprint density at radius 3 is 2.86 bits per heavy atom. The van der Waals surface area contributed by atoms with Crippen molar-refractivity contribution >= 4 is 38.6 Å². The first-order valence-corrected chi connectivity index (χ1v) is 9.27. The molecule has 21 heavy (non-hydrogen) atoms. The fraction of sp³-hybridized carbons (Fsp3) is 0.267. The first-order chi connectivity index (χ1) is 10.2. The fourth-order valence-corrected chi connectivity index (χ4v) is 4.72. The second-order valence-electron chi connectivity index (χ2n) is 4.79. The van der Waals surface area contributed by atoms with Crippen molar-refractivity contribution in [2.75, 3.05) is 0 Å². The van der Waals surface area contributed by atoms with Gasteiger partial charge in [0.05, 0.1) is 14.7 Å². The highest BCUT2D eigenvalue weighted by molar-refractivity contribution is 9.11. The molecule has 0 saturated carbocycles. The van der Waals surface area contributed by atoms with Crippen LogP contribution in [0.15, 0.2) is 45.8 Å². The molecule has 0 aromatic carbocycles. The minimum atomic E-state index is 0.0588. The maximum Gasteiger partial charge on any atom is 0.150 e. The van der Waals surface area contributed by atoms with Crippen LogP contribution in [0.5, 0.6) is 0 Å². The molecule has 2 unspecified atom stereocenters. The Labute approximate surface area is 140 Å². The molecule has 0 spiro atoms. The van der Waals surface area contributed by atoms with Crippen LogP contribution >= 0.6 is 38.6 Å². The van der Waals surface area contributed by atoms with Crippen LogP contribution in [0.25, 0.3) is 10.7 Å². The van der Waals surface area contributed by atoms with Crippen molar-refractivity contribution in [1.82, 2.24) is 9.55 Å². The molecule has 3 aromatic rings. The van der Waals surface area contributed by atoms with Crippen molar-refractivity contribution in [3.8, 4) is 10.7 Å². The number of nitrogens with two attached hydrogens (primary N) is 1. The van der Waals surface area contributed by atoms with Gasteiger partial charge < -0.3 is 10.3 Å². The Morgan fingerprint density at radius 1 is 1.38 bits per heavy atom. The topological polar surface area (TPSA) is 43.8 Å². The van der Waals surface area contributed by atoms with Gasteiger partial charge in [-0.15, -0.1) is 22.7 Å². The van der Waals surface area contributed by atoms with Crippen molar-refractivity contribution < 1.29 is 0 Å². The third-order valence-electron chi connectivity index (χ3n) is 3.47. The SMILES string of the molecule is CCC(N)C(c1ccc(Br)s1)n1ccnc1-c1cccs1. The van der Waals surface area contributed by atoms with Crippen LogP contribution in [0.2, 0.25) is 0 Å². The number of hydrogen-bond acceptors (Lipinski definition) is 4. The molecule has 3 nitrogen and oxygen atoms in total. The predicted octanol–water partition coefficient (Wildman–Crippen LogP) is 4.76. The summed E-state index contributed by atoms with van der Waals surface area (Å²) in [5.41, 5.74) is 6.42. The molecule has 3 rings (SSSR count). The Hall–Kier alpha value is -0.950. The monoisotopic (exact) mass is 381 g/mol. The van der Waals surface area contributed by atoms with Crippen LogP contribution < -0.4 is 5.73 Å². The molecule has 0 aliphatic heterocycles. The van der Waals surface area contributed by atoms with Gasteiger partial charge in [0.15, 0.2) is 5.82 Å². The van der Waals surface area contributed by atoms with Crippen LogP contribution in [-0.4, -0.2) is 15.6 Å². The van der Waals surface area contributed by atoms with Gasteiger partial charge in [0.2, 0.25) is 0 Å². The number of aromatic nitrogens is 2. The first-order valence-electron chi connectivity index (χ1n) is 6.78. The number of imidazole rings is 1. The van der Waals surface area contributed by atoms with Gasteiger partial charge in [-0.25, -0.2) is 4.98 Å². The molecule has 0 radical (unpaired) electrons. The molecule has 3 heterocycles. The minimum Gasteiger partial charge on any atom is -0.326 e. The van der Waals surface area contributed by atoms with Crippen molar-refractivity contribution in [3.63, 3.8) is 0 Å². The van der Waals surface area contributed by atoms with Gasteiger partial charge in [-0.1, -0.05) is 13.0 Å². The zero-order valence-electron chi connectivity index (χ0n) is 11.6. The van der Waals surface area contributed by atoms with E-state index in [1.54, 1.807) is 22.7 Å². The largest absolute Gasteiger partial charge is 0.326 e. The summed E-state index contributed by atoms with van der Waals surface area (Å²) in [5.74, 6) is 0.989. The molecule has 110 valence electrons. The summed E-state index contributed by atoms with van der Waals surface area (Å²) in [4.78, 5) is 6.97. The molecule has 0 saturated heterocycles. The third-order valence-corrected chi connectivity index (χ3v) is 6.03. The molecular weight excluding hydrogens is 366 g/mol. The van der Waals surface area contributed by atoms with Gasteiger partial charge in [-0.3, -0.25) is 0 Å². The van der Waals surface area contributed by atoms with Gasteiger partial charge in [-0.2, -0.15) is 0 Å². The highest BCUT2D eigenvalue weighted by atomic mass is 79.9. The van der Waals surface area contributed by atoms with Crippen LogP contribution in [-0.2, 0) is 0 Å². The lowest BCUT2D eigenvalue weighted by Gasteiger charge is -2.25. The summed E-state index contributed by atoms with van der Waals surface area (Å²) in [6.45, 7) is 2.13. The van der Waals surface area contributed by atoms with Gasteiger partial charge in [0.1, 0.15) is 0 Å². The molecule has 2 N–H and O–H groups in total. The standard InChI is InChI=1S/C15H16BrN3S2/c1-2-10(17)14(11-5-6-13(16)21-11)19-8-7-18-15(19)12-4-3-9-20-12/h3-10,14H,2,17H2,1H3. The van der Waals surface area contributed by atoms with Crippen LogP contribution in [0, 0.1) is 0 Å². The summed E-state index contributed by atoms with van der Waals surface area (Å²) in [6.07, 6.45) is 4.80. The van der Waals surface area contributed by atoms with Crippen molar-refractivity contribution in [2.45, 2.75) is 25.4 Å². The van der Waals surface area contributed by atoms with E-state index in [9.17, 15) is 0 Å². The number of halogens is 1. The summed E-state index contributed by atoms with van der Waals surface area (Å²) in [5, 5.41) is 2.07. The second kappa shape index (κ2) is 6.44. The summed E-state index contributed by atoms with van der Waals surface area (Å²) >= 11 is 6.98. The van der Waals surface area contributed by atoms with Crippen molar-refractivity contribution in [1.29, 1.82) is 0 Å². The van der Waals surface area contributed by atoms with Gasteiger partial charge >= 0.3 is 0 Å². The fourth-order valence-electron chi connectivity index (χ4n) is 2.40. The smallest absolute Gasteiger partial charge is 0.150 e. The zero-order chi connectivity index (χ0) is 14.8. The maximum atomic E-state index is 6.42. The Morgan fingerprint density at radius 2 is 2.24 bits per heavy atom. The number of thiophene rings is 2. The average Bonchev–Trinajstić information content (AvgIpc) is 3.19. The van der Waals surface area contributed by atoms with Crippen LogP contribution in [0.3, 0.4) is 0 Å².